The first kappa shape index (κ1) is 30.6. The fourth-order valence-corrected chi connectivity index (χ4v) is 5.52. The summed E-state index contributed by atoms with van der Waals surface area (Å²) in [6, 6.07) is 20.7. The summed E-state index contributed by atoms with van der Waals surface area (Å²) in [6.07, 6.45) is 5.28. The molecule has 3 aromatic rings. The summed E-state index contributed by atoms with van der Waals surface area (Å²) in [5.74, 6) is 1.58. The molecule has 2 fully saturated rings. The predicted molar refractivity (Wildman–Crippen MR) is 162 cm³/mol. The number of sulfonamides is 1. The van der Waals surface area contributed by atoms with Crippen molar-refractivity contribution in [3.05, 3.63) is 84.2 Å². The lowest BCUT2D eigenvalue weighted by Crippen LogP contribution is -2.49. The van der Waals surface area contributed by atoms with Crippen molar-refractivity contribution in [1.29, 1.82) is 0 Å². The van der Waals surface area contributed by atoms with Crippen molar-refractivity contribution in [3.63, 3.8) is 0 Å². The Morgan fingerprint density at radius 1 is 0.902 bits per heavy atom. The molecular formula is C30H36ClFN4O4S. The van der Waals surface area contributed by atoms with Gasteiger partial charge >= 0.3 is 6.03 Å². The molecule has 0 atom stereocenters. The Morgan fingerprint density at radius 3 is 2.02 bits per heavy atom. The van der Waals surface area contributed by atoms with Crippen LogP contribution in [-0.2, 0) is 16.6 Å². The Morgan fingerprint density at radius 2 is 1.46 bits per heavy atom. The molecule has 0 bridgehead atoms. The quantitative estimate of drug-likeness (QED) is 0.283. The third-order valence-corrected chi connectivity index (χ3v) is 7.84. The zero-order chi connectivity index (χ0) is 28.1. The van der Waals surface area contributed by atoms with E-state index in [1.807, 2.05) is 17.0 Å². The van der Waals surface area contributed by atoms with E-state index in [4.69, 9.17) is 4.74 Å². The van der Waals surface area contributed by atoms with Crippen molar-refractivity contribution in [2.45, 2.75) is 38.3 Å². The number of ether oxygens (including phenoxy) is 1. The van der Waals surface area contributed by atoms with Crippen LogP contribution in [0.4, 0.5) is 20.6 Å². The van der Waals surface area contributed by atoms with Crippen LogP contribution in [-0.4, -0.2) is 56.2 Å². The SMILES string of the molecule is CS(=O)(=O)Nc1ccc(Oc2ccc(CN3CCC(N(CC4CC4)C(=O)Nc4ccc(F)cc4)CC3)cc2)cc1.Cl. The molecule has 2 amide bonds. The normalized spacial score (nSPS) is 16.0. The molecule has 3 aromatic carbocycles. The van der Waals surface area contributed by atoms with Crippen LogP contribution in [0, 0.1) is 11.7 Å². The highest BCUT2D eigenvalue weighted by atomic mass is 35.5. The summed E-state index contributed by atoms with van der Waals surface area (Å²) < 4.78 is 44.3. The van der Waals surface area contributed by atoms with Crippen LogP contribution in [0.3, 0.4) is 0 Å². The molecule has 1 heterocycles. The maximum absolute atomic E-state index is 13.3. The van der Waals surface area contributed by atoms with Gasteiger partial charge in [0.25, 0.3) is 0 Å². The number of carbonyl (C=O) groups is 1. The van der Waals surface area contributed by atoms with Crippen LogP contribution < -0.4 is 14.8 Å². The number of nitrogens with one attached hydrogen (secondary N) is 2. The Bertz CT molecular complexity index is 1390. The van der Waals surface area contributed by atoms with Crippen molar-refractivity contribution in [3.8, 4) is 11.5 Å². The van der Waals surface area contributed by atoms with Crippen molar-refractivity contribution < 1.29 is 22.3 Å². The molecule has 220 valence electrons. The number of hydrogen-bond donors (Lipinski definition) is 2. The molecule has 2 aliphatic rings. The summed E-state index contributed by atoms with van der Waals surface area (Å²) in [6.45, 7) is 3.41. The van der Waals surface area contributed by atoms with E-state index < -0.39 is 10.0 Å². The highest BCUT2D eigenvalue weighted by Crippen LogP contribution is 2.32. The standard InChI is InChI=1S/C30H35FN4O4S.ClH/c1-40(37,38)33-26-10-14-29(15-11-26)39-28-12-4-22(5-13-28)20-34-18-16-27(17-19-34)35(21-23-2-3-23)30(36)32-25-8-6-24(31)7-9-25;/h4-15,23,27,33H,2-3,16-21H2,1H3,(H,32,36);1H. The van der Waals surface area contributed by atoms with Gasteiger partial charge in [-0.3, -0.25) is 9.62 Å². The number of likely N-dealkylation sites (tertiary alicyclic amines) is 1. The van der Waals surface area contributed by atoms with Crippen LogP contribution in [0.2, 0.25) is 0 Å². The molecule has 5 rings (SSSR count). The van der Waals surface area contributed by atoms with Crippen molar-refractivity contribution >= 4 is 39.8 Å². The number of hydrogen-bond acceptors (Lipinski definition) is 5. The Kier molecular flexibility index (Phi) is 10.1. The monoisotopic (exact) mass is 602 g/mol. The molecule has 1 saturated carbocycles. The van der Waals surface area contributed by atoms with E-state index in [1.54, 1.807) is 36.4 Å². The molecule has 2 N–H and O–H groups in total. The van der Waals surface area contributed by atoms with Gasteiger partial charge in [-0.1, -0.05) is 12.1 Å². The molecule has 1 aliphatic carbocycles. The van der Waals surface area contributed by atoms with Gasteiger partial charge < -0.3 is 15.0 Å². The van der Waals surface area contributed by atoms with Crippen molar-refractivity contribution in [1.82, 2.24) is 9.80 Å². The van der Waals surface area contributed by atoms with Crippen LogP contribution in [0.25, 0.3) is 0 Å². The van der Waals surface area contributed by atoms with Gasteiger partial charge in [0, 0.05) is 43.6 Å². The molecule has 0 aromatic heterocycles. The first-order chi connectivity index (χ1) is 19.2. The predicted octanol–water partition coefficient (Wildman–Crippen LogP) is 6.32. The fourth-order valence-electron chi connectivity index (χ4n) is 4.96. The van der Waals surface area contributed by atoms with Crippen molar-refractivity contribution in [2.75, 3.05) is 35.9 Å². The average molecular weight is 603 g/mol. The molecule has 1 saturated heterocycles. The number of urea groups is 1. The molecule has 11 heteroatoms. The summed E-state index contributed by atoms with van der Waals surface area (Å²) >= 11 is 0. The van der Waals surface area contributed by atoms with Crippen LogP contribution in [0.15, 0.2) is 72.8 Å². The van der Waals surface area contributed by atoms with Crippen LogP contribution >= 0.6 is 12.4 Å². The second-order valence-electron chi connectivity index (χ2n) is 10.7. The summed E-state index contributed by atoms with van der Waals surface area (Å²) in [4.78, 5) is 17.5. The lowest BCUT2D eigenvalue weighted by molar-refractivity contribution is 0.121. The van der Waals surface area contributed by atoms with E-state index in [0.717, 1.165) is 45.3 Å². The average Bonchev–Trinajstić information content (AvgIpc) is 3.75. The van der Waals surface area contributed by atoms with Gasteiger partial charge in [-0.25, -0.2) is 17.6 Å². The lowest BCUT2D eigenvalue weighted by Gasteiger charge is -2.38. The molecule has 8 nitrogen and oxygen atoms in total. The van der Waals surface area contributed by atoms with Crippen molar-refractivity contribution in [2.24, 2.45) is 5.92 Å². The van der Waals surface area contributed by atoms with Crippen LogP contribution in [0.1, 0.15) is 31.2 Å². The van der Waals surface area contributed by atoms with Gasteiger partial charge in [0.15, 0.2) is 0 Å². The zero-order valence-electron chi connectivity index (χ0n) is 23.0. The molecule has 0 radical (unpaired) electrons. The number of piperidine rings is 1. The van der Waals surface area contributed by atoms with E-state index in [2.05, 4.69) is 27.1 Å². The van der Waals surface area contributed by atoms with Gasteiger partial charge in [-0.05, 0) is 97.8 Å². The number of halogens is 2. The smallest absolute Gasteiger partial charge is 0.322 e. The number of carbonyl (C=O) groups excluding carboxylic acids is 1. The van der Waals surface area contributed by atoms with Crippen LogP contribution in [0.5, 0.6) is 11.5 Å². The minimum atomic E-state index is -3.32. The number of benzene rings is 3. The maximum atomic E-state index is 13.3. The molecule has 41 heavy (non-hydrogen) atoms. The van der Waals surface area contributed by atoms with Gasteiger partial charge in [0.2, 0.25) is 10.0 Å². The van der Waals surface area contributed by atoms with E-state index >= 15 is 0 Å². The highest BCUT2D eigenvalue weighted by Gasteiger charge is 2.33. The van der Waals surface area contributed by atoms with E-state index in [0.29, 0.717) is 28.8 Å². The van der Waals surface area contributed by atoms with Gasteiger partial charge in [0.1, 0.15) is 17.3 Å². The Labute approximate surface area is 247 Å². The molecular weight excluding hydrogens is 567 g/mol. The second kappa shape index (κ2) is 13.5. The number of amides is 2. The van der Waals surface area contributed by atoms with Gasteiger partial charge in [-0.2, -0.15) is 0 Å². The highest BCUT2D eigenvalue weighted by molar-refractivity contribution is 7.92. The van der Waals surface area contributed by atoms with E-state index in [1.165, 1.54) is 30.5 Å². The number of rotatable bonds is 10. The topological polar surface area (TPSA) is 91.0 Å². The third kappa shape index (κ3) is 9.34. The molecule has 0 unspecified atom stereocenters. The summed E-state index contributed by atoms with van der Waals surface area (Å²) in [7, 11) is -3.32. The minimum absolute atomic E-state index is 0. The molecule has 1 aliphatic heterocycles. The first-order valence-corrected chi connectivity index (χ1v) is 15.5. The molecule has 0 spiro atoms. The second-order valence-corrected chi connectivity index (χ2v) is 12.4. The zero-order valence-corrected chi connectivity index (χ0v) is 24.6. The summed E-state index contributed by atoms with van der Waals surface area (Å²) in [5.41, 5.74) is 2.28. The third-order valence-electron chi connectivity index (χ3n) is 7.23. The number of nitrogens with zero attached hydrogens (tertiary/aromatic N) is 2. The van der Waals surface area contributed by atoms with E-state index in [-0.39, 0.29) is 30.3 Å². The largest absolute Gasteiger partial charge is 0.457 e. The van der Waals surface area contributed by atoms with E-state index in [9.17, 15) is 17.6 Å². The summed E-state index contributed by atoms with van der Waals surface area (Å²) in [5, 5.41) is 2.95. The van der Waals surface area contributed by atoms with Gasteiger partial charge in [-0.15, -0.1) is 12.4 Å². The fraction of sp³-hybridized carbons (Fsp3) is 0.367. The Balaban J connectivity index is 0.00000387. The lowest BCUT2D eigenvalue weighted by atomic mass is 10.0. The minimum Gasteiger partial charge on any atom is -0.457 e. The maximum Gasteiger partial charge on any atom is 0.322 e. The Hall–Kier alpha value is -3.34. The van der Waals surface area contributed by atoms with Gasteiger partial charge in [0.05, 0.1) is 6.26 Å². The first-order valence-electron chi connectivity index (χ1n) is 13.6. The number of anilines is 2.